The SMILES string of the molecule is CC(C)Cc1cc(NCC(F)(F)F)ncn1. The van der Waals surface area contributed by atoms with Crippen molar-refractivity contribution >= 4 is 5.82 Å². The number of anilines is 1. The zero-order valence-electron chi connectivity index (χ0n) is 9.17. The molecular weight excluding hydrogens is 219 g/mol. The smallest absolute Gasteiger partial charge is 0.361 e. The van der Waals surface area contributed by atoms with Gasteiger partial charge in [-0.05, 0) is 12.3 Å². The molecule has 0 spiro atoms. The summed E-state index contributed by atoms with van der Waals surface area (Å²) in [6.07, 6.45) is -2.23. The summed E-state index contributed by atoms with van der Waals surface area (Å²) in [5.74, 6) is 0.619. The van der Waals surface area contributed by atoms with E-state index in [4.69, 9.17) is 0 Å². The predicted octanol–water partition coefficient (Wildman–Crippen LogP) is 2.65. The van der Waals surface area contributed by atoms with Gasteiger partial charge in [0.05, 0.1) is 0 Å². The van der Waals surface area contributed by atoms with E-state index in [-0.39, 0.29) is 5.82 Å². The van der Waals surface area contributed by atoms with Crippen molar-refractivity contribution in [2.24, 2.45) is 5.92 Å². The molecule has 0 aliphatic heterocycles. The molecule has 1 aromatic rings. The average molecular weight is 233 g/mol. The number of alkyl halides is 3. The molecule has 0 saturated carbocycles. The quantitative estimate of drug-likeness (QED) is 0.868. The second-order valence-electron chi connectivity index (χ2n) is 3.96. The Morgan fingerprint density at radius 2 is 2.00 bits per heavy atom. The molecule has 1 N–H and O–H groups in total. The summed E-state index contributed by atoms with van der Waals surface area (Å²) in [4.78, 5) is 7.72. The highest BCUT2D eigenvalue weighted by atomic mass is 19.4. The van der Waals surface area contributed by atoms with E-state index in [0.29, 0.717) is 5.92 Å². The molecule has 90 valence electrons. The van der Waals surface area contributed by atoms with E-state index in [9.17, 15) is 13.2 Å². The molecule has 0 radical (unpaired) electrons. The lowest BCUT2D eigenvalue weighted by molar-refractivity contribution is -0.115. The largest absolute Gasteiger partial charge is 0.405 e. The van der Waals surface area contributed by atoms with Gasteiger partial charge >= 0.3 is 6.18 Å². The summed E-state index contributed by atoms with van der Waals surface area (Å²) >= 11 is 0. The van der Waals surface area contributed by atoms with Crippen LogP contribution in [0.1, 0.15) is 19.5 Å². The standard InChI is InChI=1S/C10H14F3N3/c1-7(2)3-8-4-9(16-6-15-8)14-5-10(11,12)13/h4,6-7H,3,5H2,1-2H3,(H,14,15,16). The van der Waals surface area contributed by atoms with Crippen LogP contribution in [0.25, 0.3) is 0 Å². The van der Waals surface area contributed by atoms with Gasteiger partial charge in [0.15, 0.2) is 0 Å². The van der Waals surface area contributed by atoms with E-state index in [1.807, 2.05) is 13.8 Å². The highest BCUT2D eigenvalue weighted by Crippen LogP contribution is 2.16. The summed E-state index contributed by atoms with van der Waals surface area (Å²) in [5.41, 5.74) is 0.745. The lowest BCUT2D eigenvalue weighted by Gasteiger charge is -2.10. The van der Waals surface area contributed by atoms with Gasteiger partial charge in [0.1, 0.15) is 18.7 Å². The Hall–Kier alpha value is -1.33. The van der Waals surface area contributed by atoms with Gasteiger partial charge in [-0.25, -0.2) is 9.97 Å². The molecule has 1 aromatic heterocycles. The summed E-state index contributed by atoms with van der Waals surface area (Å²) in [7, 11) is 0. The first-order valence-electron chi connectivity index (χ1n) is 4.98. The number of hydrogen-bond donors (Lipinski definition) is 1. The summed E-state index contributed by atoms with van der Waals surface area (Å²) in [6, 6.07) is 1.55. The van der Waals surface area contributed by atoms with Gasteiger partial charge in [-0.2, -0.15) is 13.2 Å². The molecule has 1 heterocycles. The molecule has 0 fully saturated rings. The van der Waals surface area contributed by atoms with Gasteiger partial charge in [-0.15, -0.1) is 0 Å². The summed E-state index contributed by atoms with van der Waals surface area (Å²) < 4.78 is 35.8. The van der Waals surface area contributed by atoms with Crippen molar-refractivity contribution in [3.8, 4) is 0 Å². The highest BCUT2D eigenvalue weighted by molar-refractivity contribution is 5.34. The van der Waals surface area contributed by atoms with E-state index in [1.165, 1.54) is 6.33 Å². The minimum absolute atomic E-state index is 0.211. The maximum atomic E-state index is 11.9. The Bertz CT molecular complexity index is 336. The van der Waals surface area contributed by atoms with E-state index < -0.39 is 12.7 Å². The molecule has 0 bridgehead atoms. The molecule has 3 nitrogen and oxygen atoms in total. The molecule has 0 aliphatic rings. The molecule has 0 amide bonds. The monoisotopic (exact) mass is 233 g/mol. The van der Waals surface area contributed by atoms with Gasteiger partial charge in [0, 0.05) is 11.8 Å². The molecular formula is C10H14F3N3. The molecule has 1 rings (SSSR count). The van der Waals surface area contributed by atoms with Gasteiger partial charge < -0.3 is 5.32 Å². The molecule has 0 aromatic carbocycles. The Kier molecular flexibility index (Phi) is 4.09. The zero-order chi connectivity index (χ0) is 12.2. The molecule has 0 saturated heterocycles. The number of nitrogens with one attached hydrogen (secondary N) is 1. The predicted molar refractivity (Wildman–Crippen MR) is 55.1 cm³/mol. The number of rotatable bonds is 4. The van der Waals surface area contributed by atoms with Crippen LogP contribution >= 0.6 is 0 Å². The third-order valence-corrected chi connectivity index (χ3v) is 1.81. The van der Waals surface area contributed by atoms with Crippen LogP contribution in [-0.4, -0.2) is 22.7 Å². The zero-order valence-corrected chi connectivity index (χ0v) is 9.17. The minimum atomic E-state index is -4.23. The van der Waals surface area contributed by atoms with Crippen LogP contribution in [0.3, 0.4) is 0 Å². The first-order valence-corrected chi connectivity index (χ1v) is 4.98. The van der Waals surface area contributed by atoms with Crippen molar-refractivity contribution in [1.29, 1.82) is 0 Å². The van der Waals surface area contributed by atoms with Gasteiger partial charge in [-0.1, -0.05) is 13.8 Å². The van der Waals surface area contributed by atoms with E-state index in [0.717, 1.165) is 12.1 Å². The topological polar surface area (TPSA) is 37.8 Å². The molecule has 0 atom stereocenters. The average Bonchev–Trinajstić information content (AvgIpc) is 2.13. The van der Waals surface area contributed by atoms with Crippen LogP contribution in [0.2, 0.25) is 0 Å². The van der Waals surface area contributed by atoms with Crippen LogP contribution in [0.4, 0.5) is 19.0 Å². The maximum Gasteiger partial charge on any atom is 0.405 e. The molecule has 16 heavy (non-hydrogen) atoms. The van der Waals surface area contributed by atoms with Crippen LogP contribution in [0.15, 0.2) is 12.4 Å². The van der Waals surface area contributed by atoms with Crippen LogP contribution in [-0.2, 0) is 6.42 Å². The van der Waals surface area contributed by atoms with Crippen molar-refractivity contribution in [1.82, 2.24) is 9.97 Å². The number of halogens is 3. The minimum Gasteiger partial charge on any atom is -0.361 e. The Labute approximate surface area is 92.1 Å². The Morgan fingerprint density at radius 3 is 2.56 bits per heavy atom. The molecule has 0 aliphatic carbocycles. The third-order valence-electron chi connectivity index (χ3n) is 1.81. The van der Waals surface area contributed by atoms with Crippen LogP contribution in [0, 0.1) is 5.92 Å². The van der Waals surface area contributed by atoms with Crippen molar-refractivity contribution in [2.75, 3.05) is 11.9 Å². The second kappa shape index (κ2) is 5.14. The first-order chi connectivity index (χ1) is 7.37. The van der Waals surface area contributed by atoms with Gasteiger partial charge in [-0.3, -0.25) is 0 Å². The lowest BCUT2D eigenvalue weighted by Crippen LogP contribution is -2.21. The van der Waals surface area contributed by atoms with E-state index in [2.05, 4.69) is 15.3 Å². The third kappa shape index (κ3) is 4.95. The Balaban J connectivity index is 2.60. The van der Waals surface area contributed by atoms with E-state index >= 15 is 0 Å². The van der Waals surface area contributed by atoms with E-state index in [1.54, 1.807) is 6.07 Å². The Morgan fingerprint density at radius 1 is 1.31 bits per heavy atom. The highest BCUT2D eigenvalue weighted by Gasteiger charge is 2.26. The van der Waals surface area contributed by atoms with Crippen molar-refractivity contribution < 1.29 is 13.2 Å². The fraction of sp³-hybridized carbons (Fsp3) is 0.600. The number of hydrogen-bond acceptors (Lipinski definition) is 3. The molecule has 0 unspecified atom stereocenters. The summed E-state index contributed by atoms with van der Waals surface area (Å²) in [6.45, 7) is 2.96. The fourth-order valence-corrected chi connectivity index (χ4v) is 1.21. The molecule has 6 heteroatoms. The van der Waals surface area contributed by atoms with Crippen molar-refractivity contribution in [2.45, 2.75) is 26.4 Å². The lowest BCUT2D eigenvalue weighted by atomic mass is 10.1. The second-order valence-corrected chi connectivity index (χ2v) is 3.96. The first kappa shape index (κ1) is 12.7. The maximum absolute atomic E-state index is 11.9. The summed E-state index contributed by atoms with van der Waals surface area (Å²) in [5, 5.41) is 2.22. The van der Waals surface area contributed by atoms with Crippen molar-refractivity contribution in [3.05, 3.63) is 18.1 Å². The number of nitrogens with zero attached hydrogens (tertiary/aromatic N) is 2. The van der Waals surface area contributed by atoms with Gasteiger partial charge in [0.25, 0.3) is 0 Å². The number of aromatic nitrogens is 2. The fourth-order valence-electron chi connectivity index (χ4n) is 1.21. The van der Waals surface area contributed by atoms with Crippen molar-refractivity contribution in [3.63, 3.8) is 0 Å². The normalized spacial score (nSPS) is 11.9. The van der Waals surface area contributed by atoms with Gasteiger partial charge in [0.2, 0.25) is 0 Å². The van der Waals surface area contributed by atoms with Crippen LogP contribution < -0.4 is 5.32 Å². The van der Waals surface area contributed by atoms with Crippen LogP contribution in [0.5, 0.6) is 0 Å².